The number of hydrogen-bond acceptors (Lipinski definition) is 7. The summed E-state index contributed by atoms with van der Waals surface area (Å²) >= 11 is 1.28. The molecule has 0 aliphatic carbocycles. The quantitative estimate of drug-likeness (QED) is 0.840. The SMILES string of the molecule is CCOC(=O)C1=C(O)CSC1=Nc1cc(OC)cc(OC)c1. The minimum atomic E-state index is -0.571. The second-order valence-corrected chi connectivity index (χ2v) is 5.28. The van der Waals surface area contributed by atoms with E-state index in [4.69, 9.17) is 14.2 Å². The van der Waals surface area contributed by atoms with E-state index in [9.17, 15) is 9.90 Å². The van der Waals surface area contributed by atoms with Crippen molar-refractivity contribution in [3.8, 4) is 11.5 Å². The van der Waals surface area contributed by atoms with Crippen molar-refractivity contribution in [2.45, 2.75) is 6.92 Å². The summed E-state index contributed by atoms with van der Waals surface area (Å²) < 4.78 is 15.3. The number of aliphatic hydroxyl groups excluding tert-OH is 1. The molecule has 0 unspecified atom stereocenters. The Bertz CT molecular complexity index is 617. The summed E-state index contributed by atoms with van der Waals surface area (Å²) in [5, 5.41) is 10.3. The maximum absolute atomic E-state index is 11.9. The van der Waals surface area contributed by atoms with E-state index in [1.54, 1.807) is 39.3 Å². The van der Waals surface area contributed by atoms with Crippen LogP contribution in [0.15, 0.2) is 34.5 Å². The standard InChI is InChI=1S/C15H17NO5S/c1-4-21-15(18)13-12(17)8-22-14(13)16-9-5-10(19-2)7-11(6-9)20-3/h5-7,17H,4,8H2,1-3H3. The fraction of sp³-hybridized carbons (Fsp3) is 0.333. The van der Waals surface area contributed by atoms with E-state index >= 15 is 0 Å². The zero-order valence-corrected chi connectivity index (χ0v) is 13.4. The average molecular weight is 323 g/mol. The molecule has 0 atom stereocenters. The maximum atomic E-state index is 11.9. The van der Waals surface area contributed by atoms with Crippen LogP contribution in [0.25, 0.3) is 0 Å². The molecule has 0 fully saturated rings. The summed E-state index contributed by atoms with van der Waals surface area (Å²) in [7, 11) is 3.09. The third-order valence-electron chi connectivity index (χ3n) is 2.89. The number of methoxy groups -OCH3 is 2. The van der Waals surface area contributed by atoms with Crippen LogP contribution in [0.1, 0.15) is 6.92 Å². The minimum Gasteiger partial charge on any atom is -0.510 e. The number of rotatable bonds is 5. The highest BCUT2D eigenvalue weighted by Crippen LogP contribution is 2.33. The van der Waals surface area contributed by atoms with Crippen LogP contribution in [-0.4, -0.2) is 42.7 Å². The lowest BCUT2D eigenvalue weighted by Crippen LogP contribution is -2.12. The van der Waals surface area contributed by atoms with Crippen LogP contribution >= 0.6 is 11.8 Å². The number of ether oxygens (including phenoxy) is 3. The van der Waals surface area contributed by atoms with Crippen LogP contribution in [0.2, 0.25) is 0 Å². The number of carbonyl (C=O) groups excluding carboxylic acids is 1. The Morgan fingerprint density at radius 1 is 1.27 bits per heavy atom. The van der Waals surface area contributed by atoms with Gasteiger partial charge in [-0.3, -0.25) is 0 Å². The summed E-state index contributed by atoms with van der Waals surface area (Å²) in [5.74, 6) is 0.893. The van der Waals surface area contributed by atoms with Crippen LogP contribution in [0, 0.1) is 0 Å². The molecule has 1 aliphatic rings. The summed E-state index contributed by atoms with van der Waals surface area (Å²) in [5.41, 5.74) is 0.684. The van der Waals surface area contributed by atoms with E-state index in [0.29, 0.717) is 28.0 Å². The lowest BCUT2D eigenvalue weighted by Gasteiger charge is -2.07. The highest BCUT2D eigenvalue weighted by molar-refractivity contribution is 8.15. The van der Waals surface area contributed by atoms with Gasteiger partial charge in [-0.2, -0.15) is 0 Å². The summed E-state index contributed by atoms with van der Waals surface area (Å²) in [4.78, 5) is 16.3. The van der Waals surface area contributed by atoms with Gasteiger partial charge in [-0.15, -0.1) is 0 Å². The Balaban J connectivity index is 2.38. The Hall–Kier alpha value is -2.15. The third kappa shape index (κ3) is 3.54. The predicted molar refractivity (Wildman–Crippen MR) is 85.4 cm³/mol. The molecule has 1 aromatic rings. The lowest BCUT2D eigenvalue weighted by atomic mass is 10.2. The molecule has 7 heteroatoms. The molecule has 0 spiro atoms. The number of nitrogens with zero attached hydrogens (tertiary/aromatic N) is 1. The molecule has 1 heterocycles. The zero-order valence-electron chi connectivity index (χ0n) is 12.6. The molecule has 0 radical (unpaired) electrons. The molecule has 1 aromatic carbocycles. The Morgan fingerprint density at radius 3 is 2.45 bits per heavy atom. The highest BCUT2D eigenvalue weighted by Gasteiger charge is 2.29. The molecule has 0 bridgehead atoms. The molecule has 0 amide bonds. The highest BCUT2D eigenvalue weighted by atomic mass is 32.2. The molecule has 2 rings (SSSR count). The van der Waals surface area contributed by atoms with Gasteiger partial charge in [0.15, 0.2) is 0 Å². The molecule has 6 nitrogen and oxygen atoms in total. The summed E-state index contributed by atoms with van der Waals surface area (Å²) in [6.07, 6.45) is 0. The molecule has 1 aliphatic heterocycles. The van der Waals surface area contributed by atoms with Crippen LogP contribution < -0.4 is 9.47 Å². The van der Waals surface area contributed by atoms with E-state index in [0.717, 1.165) is 0 Å². The van der Waals surface area contributed by atoms with E-state index in [1.807, 2.05) is 0 Å². The van der Waals surface area contributed by atoms with Gasteiger partial charge in [0.1, 0.15) is 27.9 Å². The summed E-state index contributed by atoms with van der Waals surface area (Å²) in [6, 6.07) is 5.16. The number of carbonyl (C=O) groups is 1. The van der Waals surface area contributed by atoms with Crippen molar-refractivity contribution < 1.29 is 24.1 Å². The predicted octanol–water partition coefficient (Wildman–Crippen LogP) is 2.86. The van der Waals surface area contributed by atoms with Gasteiger partial charge in [-0.1, -0.05) is 11.8 Å². The smallest absolute Gasteiger partial charge is 0.344 e. The third-order valence-corrected chi connectivity index (χ3v) is 3.88. The Labute approximate surface area is 132 Å². The number of thioether (sulfide) groups is 1. The second kappa shape index (κ2) is 7.22. The largest absolute Gasteiger partial charge is 0.510 e. The van der Waals surface area contributed by atoms with Crippen LogP contribution in [-0.2, 0) is 9.53 Å². The van der Waals surface area contributed by atoms with Crippen LogP contribution in [0.5, 0.6) is 11.5 Å². The lowest BCUT2D eigenvalue weighted by molar-refractivity contribution is -0.138. The summed E-state index contributed by atoms with van der Waals surface area (Å²) in [6.45, 7) is 1.95. The van der Waals surface area contributed by atoms with Crippen molar-refractivity contribution in [1.29, 1.82) is 0 Å². The van der Waals surface area contributed by atoms with Crippen molar-refractivity contribution >= 4 is 28.5 Å². The van der Waals surface area contributed by atoms with Gasteiger partial charge in [0.25, 0.3) is 0 Å². The Kier molecular flexibility index (Phi) is 5.32. The zero-order chi connectivity index (χ0) is 16.1. The molecular formula is C15H17NO5S. The van der Waals surface area contributed by atoms with Gasteiger partial charge < -0.3 is 19.3 Å². The number of hydrogen-bond donors (Lipinski definition) is 1. The molecule has 118 valence electrons. The first kappa shape index (κ1) is 16.2. The number of aliphatic imine (C=N–C) groups is 1. The van der Waals surface area contributed by atoms with Gasteiger partial charge >= 0.3 is 5.97 Å². The van der Waals surface area contributed by atoms with Crippen molar-refractivity contribution in [2.75, 3.05) is 26.6 Å². The number of benzene rings is 1. The van der Waals surface area contributed by atoms with E-state index < -0.39 is 5.97 Å². The normalized spacial score (nSPS) is 16.0. The molecular weight excluding hydrogens is 306 g/mol. The molecule has 0 aromatic heterocycles. The van der Waals surface area contributed by atoms with E-state index in [2.05, 4.69) is 4.99 Å². The first-order valence-corrected chi connectivity index (χ1v) is 7.61. The number of esters is 1. The van der Waals surface area contributed by atoms with Gasteiger partial charge in [0, 0.05) is 18.2 Å². The Morgan fingerprint density at radius 2 is 1.91 bits per heavy atom. The van der Waals surface area contributed by atoms with Crippen molar-refractivity contribution in [1.82, 2.24) is 0 Å². The fourth-order valence-electron chi connectivity index (χ4n) is 1.88. The number of aliphatic hydroxyl groups is 1. The van der Waals surface area contributed by atoms with Gasteiger partial charge in [-0.05, 0) is 6.92 Å². The van der Waals surface area contributed by atoms with Crippen molar-refractivity contribution in [3.05, 3.63) is 29.5 Å². The van der Waals surface area contributed by atoms with E-state index in [-0.39, 0.29) is 17.9 Å². The topological polar surface area (TPSA) is 77.4 Å². The van der Waals surface area contributed by atoms with E-state index in [1.165, 1.54) is 11.8 Å². The van der Waals surface area contributed by atoms with Crippen molar-refractivity contribution in [3.63, 3.8) is 0 Å². The van der Waals surface area contributed by atoms with Crippen LogP contribution in [0.4, 0.5) is 5.69 Å². The molecule has 0 saturated carbocycles. The fourth-order valence-corrected chi connectivity index (χ4v) is 2.81. The monoisotopic (exact) mass is 323 g/mol. The molecule has 0 saturated heterocycles. The minimum absolute atomic E-state index is 0.0166. The van der Waals surface area contributed by atoms with Gasteiger partial charge in [0.2, 0.25) is 0 Å². The molecule has 22 heavy (non-hydrogen) atoms. The second-order valence-electron chi connectivity index (χ2n) is 4.32. The van der Waals surface area contributed by atoms with Crippen molar-refractivity contribution in [2.24, 2.45) is 4.99 Å². The first-order valence-electron chi connectivity index (χ1n) is 6.63. The average Bonchev–Trinajstić information content (AvgIpc) is 2.87. The van der Waals surface area contributed by atoms with Gasteiger partial charge in [-0.25, -0.2) is 9.79 Å². The van der Waals surface area contributed by atoms with Gasteiger partial charge in [0.05, 0.1) is 32.3 Å². The van der Waals surface area contributed by atoms with Crippen LogP contribution in [0.3, 0.4) is 0 Å². The molecule has 1 N–H and O–H groups in total. The first-order chi connectivity index (χ1) is 10.6. The maximum Gasteiger partial charge on any atom is 0.344 e.